The van der Waals surface area contributed by atoms with Crippen LogP contribution in [0.3, 0.4) is 0 Å². The highest BCUT2D eigenvalue weighted by molar-refractivity contribution is 5.90. The summed E-state index contributed by atoms with van der Waals surface area (Å²) in [5, 5.41) is 12.7. The van der Waals surface area contributed by atoms with Crippen LogP contribution in [0.5, 0.6) is 0 Å². The molecule has 0 radical (unpaired) electrons. The second-order valence-electron chi connectivity index (χ2n) is 6.20. The van der Waals surface area contributed by atoms with Crippen molar-refractivity contribution in [3.05, 3.63) is 11.4 Å². The Morgan fingerprint density at radius 1 is 1.41 bits per heavy atom. The summed E-state index contributed by atoms with van der Waals surface area (Å²) in [6, 6.07) is 0.0694. The highest BCUT2D eigenvalue weighted by atomic mass is 16.5. The molecule has 3 N–H and O–H groups in total. The Bertz CT molecular complexity index is 487. The normalized spacial score (nSPS) is 24.0. The number of amides is 2. The van der Waals surface area contributed by atoms with E-state index < -0.39 is 0 Å². The second kappa shape index (κ2) is 7.11. The van der Waals surface area contributed by atoms with Crippen LogP contribution in [0.25, 0.3) is 0 Å². The molecule has 0 spiro atoms. The zero-order valence-corrected chi connectivity index (χ0v) is 14.1. The van der Waals surface area contributed by atoms with E-state index in [-0.39, 0.29) is 24.3 Å². The van der Waals surface area contributed by atoms with Crippen LogP contribution in [-0.2, 0) is 4.74 Å². The minimum absolute atomic E-state index is 0.200. The van der Waals surface area contributed by atoms with Crippen LogP contribution in [0, 0.1) is 13.8 Å². The van der Waals surface area contributed by atoms with Crippen LogP contribution >= 0.6 is 0 Å². The third kappa shape index (κ3) is 4.20. The molecule has 2 heterocycles. The molecule has 1 aromatic rings. The van der Waals surface area contributed by atoms with Gasteiger partial charge in [-0.1, -0.05) is 0 Å². The molecule has 0 bridgehead atoms. The largest absolute Gasteiger partial charge is 0.373 e. The van der Waals surface area contributed by atoms with Crippen LogP contribution in [-0.4, -0.2) is 59.0 Å². The fourth-order valence-corrected chi connectivity index (χ4v) is 2.84. The van der Waals surface area contributed by atoms with Gasteiger partial charge in [-0.2, -0.15) is 5.10 Å². The highest BCUT2D eigenvalue weighted by Crippen LogP contribution is 2.16. The summed E-state index contributed by atoms with van der Waals surface area (Å²) in [7, 11) is 0. The van der Waals surface area contributed by atoms with Crippen molar-refractivity contribution >= 4 is 11.7 Å². The zero-order valence-electron chi connectivity index (χ0n) is 14.1. The number of hydrogen-bond donors (Lipinski definition) is 3. The third-order valence-corrected chi connectivity index (χ3v) is 4.00. The van der Waals surface area contributed by atoms with Gasteiger partial charge in [0.05, 0.1) is 29.3 Å². The molecule has 0 aromatic carbocycles. The Hall–Kier alpha value is -1.60. The van der Waals surface area contributed by atoms with E-state index in [1.54, 1.807) is 0 Å². The van der Waals surface area contributed by atoms with Gasteiger partial charge in [-0.05, 0) is 34.6 Å². The first-order chi connectivity index (χ1) is 10.4. The number of anilines is 1. The van der Waals surface area contributed by atoms with Gasteiger partial charge in [0.25, 0.3) is 0 Å². The standard InChI is InChI=1S/C15H27N5O2/c1-9(20-7-10(2)22-11(3)8-20)6-16-15(21)17-14-12(4)18-19-13(14)5/h9-11H,6-8H2,1-5H3,(H,18,19)(H2,16,17,21). The Kier molecular flexibility index (Phi) is 5.42. The maximum atomic E-state index is 12.0. The van der Waals surface area contributed by atoms with Gasteiger partial charge in [-0.15, -0.1) is 0 Å². The molecule has 7 nitrogen and oxygen atoms in total. The topological polar surface area (TPSA) is 82.3 Å². The first-order valence-corrected chi connectivity index (χ1v) is 7.82. The number of carbonyl (C=O) groups is 1. The number of aromatic amines is 1. The maximum absolute atomic E-state index is 12.0. The lowest BCUT2D eigenvalue weighted by Crippen LogP contribution is -2.52. The number of carbonyl (C=O) groups excluding carboxylic acids is 1. The van der Waals surface area contributed by atoms with E-state index in [1.165, 1.54) is 0 Å². The average Bonchev–Trinajstić information content (AvgIpc) is 2.75. The van der Waals surface area contributed by atoms with Gasteiger partial charge in [-0.25, -0.2) is 4.79 Å². The van der Waals surface area contributed by atoms with Crippen LogP contribution in [0.2, 0.25) is 0 Å². The van der Waals surface area contributed by atoms with Crippen molar-refractivity contribution < 1.29 is 9.53 Å². The second-order valence-corrected chi connectivity index (χ2v) is 6.20. The zero-order chi connectivity index (χ0) is 16.3. The molecule has 0 saturated carbocycles. The van der Waals surface area contributed by atoms with E-state index in [1.807, 2.05) is 13.8 Å². The fraction of sp³-hybridized carbons (Fsp3) is 0.733. The molecule has 1 aromatic heterocycles. The Balaban J connectivity index is 1.80. The lowest BCUT2D eigenvalue weighted by molar-refractivity contribution is -0.0777. The highest BCUT2D eigenvalue weighted by Gasteiger charge is 2.25. The molecule has 1 aliphatic rings. The molecule has 3 atom stereocenters. The van der Waals surface area contributed by atoms with Crippen molar-refractivity contribution in [1.29, 1.82) is 0 Å². The molecule has 1 aliphatic heterocycles. The van der Waals surface area contributed by atoms with Gasteiger partial charge >= 0.3 is 6.03 Å². The number of nitrogens with one attached hydrogen (secondary N) is 3. The van der Waals surface area contributed by atoms with Gasteiger partial charge in [0, 0.05) is 25.7 Å². The van der Waals surface area contributed by atoms with Gasteiger partial charge in [0.15, 0.2) is 0 Å². The molecule has 124 valence electrons. The van der Waals surface area contributed by atoms with E-state index in [9.17, 15) is 4.79 Å². The van der Waals surface area contributed by atoms with E-state index >= 15 is 0 Å². The van der Waals surface area contributed by atoms with Crippen LogP contribution < -0.4 is 10.6 Å². The third-order valence-electron chi connectivity index (χ3n) is 4.00. The van der Waals surface area contributed by atoms with Crippen molar-refractivity contribution in [2.24, 2.45) is 0 Å². The number of H-pyrrole nitrogens is 1. The Morgan fingerprint density at radius 3 is 2.59 bits per heavy atom. The minimum Gasteiger partial charge on any atom is -0.373 e. The van der Waals surface area contributed by atoms with Crippen molar-refractivity contribution in [3.63, 3.8) is 0 Å². The van der Waals surface area contributed by atoms with Crippen molar-refractivity contribution in [2.75, 3.05) is 25.0 Å². The van der Waals surface area contributed by atoms with Gasteiger partial charge in [-0.3, -0.25) is 10.00 Å². The molecule has 2 rings (SSSR count). The van der Waals surface area contributed by atoms with E-state index in [0.717, 1.165) is 30.2 Å². The number of hydrogen-bond acceptors (Lipinski definition) is 4. The molecule has 0 aliphatic carbocycles. The summed E-state index contributed by atoms with van der Waals surface area (Å²) in [5.41, 5.74) is 2.40. The molecule has 3 unspecified atom stereocenters. The van der Waals surface area contributed by atoms with E-state index in [4.69, 9.17) is 4.74 Å². The predicted molar refractivity (Wildman–Crippen MR) is 86.1 cm³/mol. The number of aryl methyl sites for hydroxylation is 2. The van der Waals surface area contributed by atoms with Crippen LogP contribution in [0.4, 0.5) is 10.5 Å². The number of nitrogens with zero attached hydrogens (tertiary/aromatic N) is 2. The van der Waals surface area contributed by atoms with Gasteiger partial charge in [0.1, 0.15) is 0 Å². The van der Waals surface area contributed by atoms with E-state index in [2.05, 4.69) is 46.5 Å². The minimum atomic E-state index is -0.200. The summed E-state index contributed by atoms with van der Waals surface area (Å²) < 4.78 is 5.74. The fourth-order valence-electron chi connectivity index (χ4n) is 2.84. The van der Waals surface area contributed by atoms with Gasteiger partial charge in [0.2, 0.25) is 0 Å². The van der Waals surface area contributed by atoms with Crippen molar-refractivity contribution in [2.45, 2.75) is 52.9 Å². The summed E-state index contributed by atoms with van der Waals surface area (Å²) in [6.45, 7) is 12.4. The van der Waals surface area contributed by atoms with Crippen molar-refractivity contribution in [3.8, 4) is 0 Å². The summed E-state index contributed by atoms with van der Waals surface area (Å²) in [4.78, 5) is 14.4. The number of rotatable bonds is 4. The van der Waals surface area contributed by atoms with E-state index in [0.29, 0.717) is 6.54 Å². The smallest absolute Gasteiger partial charge is 0.319 e. The Morgan fingerprint density at radius 2 is 2.05 bits per heavy atom. The maximum Gasteiger partial charge on any atom is 0.319 e. The summed E-state index contributed by atoms with van der Waals surface area (Å²) in [5.74, 6) is 0. The van der Waals surface area contributed by atoms with Crippen LogP contribution in [0.1, 0.15) is 32.2 Å². The first-order valence-electron chi connectivity index (χ1n) is 7.82. The molecule has 22 heavy (non-hydrogen) atoms. The molecule has 2 amide bonds. The molecule has 1 fully saturated rings. The Labute approximate surface area is 131 Å². The summed E-state index contributed by atoms with van der Waals surface area (Å²) >= 11 is 0. The number of ether oxygens (including phenoxy) is 1. The summed E-state index contributed by atoms with van der Waals surface area (Å²) in [6.07, 6.45) is 0.465. The first kappa shape index (κ1) is 16.8. The lowest BCUT2D eigenvalue weighted by Gasteiger charge is -2.38. The monoisotopic (exact) mass is 309 g/mol. The lowest BCUT2D eigenvalue weighted by atomic mass is 10.2. The molecular formula is C15H27N5O2. The molecule has 1 saturated heterocycles. The van der Waals surface area contributed by atoms with Crippen molar-refractivity contribution in [1.82, 2.24) is 20.4 Å². The van der Waals surface area contributed by atoms with Crippen LogP contribution in [0.15, 0.2) is 0 Å². The number of urea groups is 1. The molecule has 7 heteroatoms. The SMILES string of the molecule is Cc1n[nH]c(C)c1NC(=O)NCC(C)N1CC(C)OC(C)C1. The predicted octanol–water partition coefficient (Wildman–Crippen LogP) is 1.65. The quantitative estimate of drug-likeness (QED) is 0.790. The molecular weight excluding hydrogens is 282 g/mol. The average molecular weight is 309 g/mol. The number of morpholine rings is 1. The van der Waals surface area contributed by atoms with Gasteiger partial charge < -0.3 is 15.4 Å². The number of aromatic nitrogens is 2.